The van der Waals surface area contributed by atoms with Gasteiger partial charge in [0.1, 0.15) is 10.2 Å². The minimum Gasteiger partial charge on any atom is -0.495 e. The van der Waals surface area contributed by atoms with E-state index in [1.54, 1.807) is 0 Å². The largest absolute Gasteiger partial charge is 0.495 e. The van der Waals surface area contributed by atoms with Crippen LogP contribution < -0.4 is 0 Å². The highest BCUT2D eigenvalue weighted by molar-refractivity contribution is 9.12. The van der Waals surface area contributed by atoms with Crippen molar-refractivity contribution in [2.45, 2.75) is 5.33 Å². The number of halogens is 2. The van der Waals surface area contributed by atoms with E-state index in [1.165, 1.54) is 7.11 Å². The maximum Gasteiger partial charge on any atom is 0.346 e. The van der Waals surface area contributed by atoms with Gasteiger partial charge in [-0.2, -0.15) is 0 Å². The Balaban J connectivity index is 2.76. The zero-order valence-electron chi connectivity index (χ0n) is 10.7. The van der Waals surface area contributed by atoms with Crippen molar-refractivity contribution in [3.05, 3.63) is 52.0 Å². The zero-order valence-corrected chi connectivity index (χ0v) is 13.9. The highest BCUT2D eigenvalue weighted by Crippen LogP contribution is 2.31. The second-order valence-electron chi connectivity index (χ2n) is 4.15. The highest BCUT2D eigenvalue weighted by atomic mass is 79.9. The molecule has 0 aromatic heterocycles. The van der Waals surface area contributed by atoms with Gasteiger partial charge in [0.2, 0.25) is 0 Å². The molecule has 0 fully saturated rings. The Kier molecular flexibility index (Phi) is 4.83. The lowest BCUT2D eigenvalue weighted by atomic mass is 10.0. The average Bonchev–Trinajstić information content (AvgIpc) is 2.47. The van der Waals surface area contributed by atoms with Crippen LogP contribution in [0.15, 0.2) is 40.9 Å². The summed E-state index contributed by atoms with van der Waals surface area (Å²) < 4.78 is 5.29. The Morgan fingerprint density at radius 1 is 1.30 bits per heavy atom. The van der Waals surface area contributed by atoms with E-state index in [-0.39, 0.29) is 4.48 Å². The van der Waals surface area contributed by atoms with Gasteiger partial charge >= 0.3 is 5.97 Å². The molecule has 0 saturated heterocycles. The first-order valence-electron chi connectivity index (χ1n) is 5.83. The zero-order chi connectivity index (χ0) is 14.7. The van der Waals surface area contributed by atoms with Crippen molar-refractivity contribution < 1.29 is 14.6 Å². The predicted molar refractivity (Wildman–Crippen MR) is 87.1 cm³/mol. The Morgan fingerprint density at radius 2 is 2.05 bits per heavy atom. The van der Waals surface area contributed by atoms with Crippen LogP contribution in [0.4, 0.5) is 0 Å². The van der Waals surface area contributed by atoms with Gasteiger partial charge in [-0.05, 0) is 38.3 Å². The number of hydrogen-bond donors (Lipinski definition) is 1. The maximum atomic E-state index is 11.1. The van der Waals surface area contributed by atoms with Gasteiger partial charge in [-0.15, -0.1) is 0 Å². The first kappa shape index (κ1) is 15.1. The molecule has 2 rings (SSSR count). The van der Waals surface area contributed by atoms with E-state index in [0.29, 0.717) is 5.76 Å². The first-order valence-corrected chi connectivity index (χ1v) is 7.75. The lowest BCUT2D eigenvalue weighted by Crippen LogP contribution is -2.00. The van der Waals surface area contributed by atoms with Gasteiger partial charge in [-0.1, -0.05) is 46.3 Å². The van der Waals surface area contributed by atoms with E-state index in [1.807, 2.05) is 36.4 Å². The average molecular weight is 400 g/mol. The van der Waals surface area contributed by atoms with Crippen molar-refractivity contribution in [1.29, 1.82) is 0 Å². The summed E-state index contributed by atoms with van der Waals surface area (Å²) in [6, 6.07) is 11.8. The normalized spacial score (nSPS) is 12.2. The van der Waals surface area contributed by atoms with Crippen LogP contribution in [-0.2, 0) is 14.9 Å². The first-order chi connectivity index (χ1) is 9.58. The molecule has 1 N–H and O–H groups in total. The van der Waals surface area contributed by atoms with Crippen molar-refractivity contribution in [3.8, 4) is 0 Å². The second kappa shape index (κ2) is 6.41. The van der Waals surface area contributed by atoms with Crippen LogP contribution in [0.25, 0.3) is 16.5 Å². The number of carboxylic acids is 1. The van der Waals surface area contributed by atoms with Gasteiger partial charge in [0.25, 0.3) is 0 Å². The van der Waals surface area contributed by atoms with E-state index in [2.05, 4.69) is 31.9 Å². The van der Waals surface area contributed by atoms with Crippen molar-refractivity contribution in [2.75, 3.05) is 7.11 Å². The molecule has 20 heavy (non-hydrogen) atoms. The molecule has 0 unspecified atom stereocenters. The summed E-state index contributed by atoms with van der Waals surface area (Å²) in [6.07, 6.45) is 0. The number of rotatable bonds is 4. The van der Waals surface area contributed by atoms with Crippen LogP contribution in [0.3, 0.4) is 0 Å². The van der Waals surface area contributed by atoms with Crippen LogP contribution >= 0.6 is 31.9 Å². The molecule has 0 bridgehead atoms. The smallest absolute Gasteiger partial charge is 0.346 e. The summed E-state index contributed by atoms with van der Waals surface area (Å²) in [4.78, 5) is 11.1. The molecule has 104 valence electrons. The summed E-state index contributed by atoms with van der Waals surface area (Å²) in [5.74, 6) is -0.745. The third-order valence-electron chi connectivity index (χ3n) is 2.94. The minimum absolute atomic E-state index is 0.0109. The SMILES string of the molecule is CO/C(=C(\Br)C(=O)O)c1cccc2ccc(CBr)cc12. The maximum absolute atomic E-state index is 11.1. The number of carboxylic acid groups (broad SMARTS) is 1. The number of aliphatic carboxylic acids is 1. The third kappa shape index (κ3) is 2.88. The molecule has 0 saturated carbocycles. The van der Waals surface area contributed by atoms with Gasteiger partial charge in [-0.3, -0.25) is 0 Å². The number of alkyl halides is 1. The summed E-state index contributed by atoms with van der Waals surface area (Å²) >= 11 is 6.50. The Bertz CT molecular complexity index is 693. The molecular formula is C15H12Br2O3. The van der Waals surface area contributed by atoms with Gasteiger partial charge in [0, 0.05) is 10.9 Å². The second-order valence-corrected chi connectivity index (χ2v) is 5.50. The minimum atomic E-state index is -1.06. The molecular weight excluding hydrogens is 388 g/mol. The van der Waals surface area contributed by atoms with Crippen LogP contribution in [0.1, 0.15) is 11.1 Å². The van der Waals surface area contributed by atoms with Gasteiger partial charge < -0.3 is 9.84 Å². The molecule has 0 atom stereocenters. The fraction of sp³-hybridized carbons (Fsp3) is 0.133. The molecule has 0 radical (unpaired) electrons. The molecule has 3 nitrogen and oxygen atoms in total. The number of fused-ring (bicyclic) bond motifs is 1. The predicted octanol–water partition coefficient (Wildman–Crippen LogP) is 4.53. The standard InChI is InChI=1S/C15H12Br2O3/c1-20-14(13(17)15(18)19)11-4-2-3-10-6-5-9(8-16)7-12(10)11/h2-7H,8H2,1H3,(H,18,19)/b14-13-. The van der Waals surface area contributed by atoms with Gasteiger partial charge in [-0.25, -0.2) is 4.79 Å². The summed E-state index contributed by atoms with van der Waals surface area (Å²) in [5.41, 5.74) is 1.87. The molecule has 2 aromatic carbocycles. The Hall–Kier alpha value is -1.33. The van der Waals surface area contributed by atoms with E-state index >= 15 is 0 Å². The highest BCUT2D eigenvalue weighted by Gasteiger charge is 2.16. The van der Waals surface area contributed by atoms with Crippen molar-refractivity contribution in [3.63, 3.8) is 0 Å². The Morgan fingerprint density at radius 3 is 2.65 bits per heavy atom. The number of hydrogen-bond acceptors (Lipinski definition) is 2. The molecule has 0 heterocycles. The van der Waals surface area contributed by atoms with Crippen molar-refractivity contribution in [2.24, 2.45) is 0 Å². The monoisotopic (exact) mass is 398 g/mol. The van der Waals surface area contributed by atoms with Gasteiger partial charge in [0.05, 0.1) is 7.11 Å². The Labute approximate surface area is 133 Å². The quantitative estimate of drug-likeness (QED) is 0.466. The number of methoxy groups -OCH3 is 1. The fourth-order valence-electron chi connectivity index (χ4n) is 2.02. The fourth-order valence-corrected chi connectivity index (χ4v) is 2.74. The molecule has 0 aliphatic heterocycles. The van der Waals surface area contributed by atoms with Crippen LogP contribution in [0.2, 0.25) is 0 Å². The van der Waals surface area contributed by atoms with Crippen molar-refractivity contribution in [1.82, 2.24) is 0 Å². The lowest BCUT2D eigenvalue weighted by molar-refractivity contribution is -0.131. The van der Waals surface area contributed by atoms with E-state index in [9.17, 15) is 4.79 Å². The summed E-state index contributed by atoms with van der Waals surface area (Å²) in [7, 11) is 1.46. The van der Waals surface area contributed by atoms with E-state index in [0.717, 1.165) is 27.2 Å². The summed E-state index contributed by atoms with van der Waals surface area (Å²) in [6.45, 7) is 0. The lowest BCUT2D eigenvalue weighted by Gasteiger charge is -2.12. The topological polar surface area (TPSA) is 46.5 Å². The van der Waals surface area contributed by atoms with Crippen LogP contribution in [0, 0.1) is 0 Å². The summed E-state index contributed by atoms with van der Waals surface area (Å²) in [5, 5.41) is 11.9. The number of ether oxygens (including phenoxy) is 1. The molecule has 0 spiro atoms. The van der Waals surface area contributed by atoms with E-state index in [4.69, 9.17) is 9.84 Å². The van der Waals surface area contributed by atoms with E-state index < -0.39 is 5.97 Å². The van der Waals surface area contributed by atoms with Crippen LogP contribution in [0.5, 0.6) is 0 Å². The third-order valence-corrected chi connectivity index (χ3v) is 4.28. The molecule has 0 aliphatic rings. The van der Waals surface area contributed by atoms with Crippen molar-refractivity contribution >= 4 is 54.4 Å². The molecule has 5 heteroatoms. The van der Waals surface area contributed by atoms with Crippen LogP contribution in [-0.4, -0.2) is 18.2 Å². The van der Waals surface area contributed by atoms with Gasteiger partial charge in [0.15, 0.2) is 0 Å². The molecule has 0 amide bonds. The number of benzene rings is 2. The number of carbonyl (C=O) groups is 1. The molecule has 2 aromatic rings. The molecule has 0 aliphatic carbocycles.